The highest BCUT2D eigenvalue weighted by Gasteiger charge is 2.25. The average Bonchev–Trinajstić information content (AvgIpc) is 3.03. The smallest absolute Gasteiger partial charge is 0.276 e. The zero-order valence-electron chi connectivity index (χ0n) is 17.8. The van der Waals surface area contributed by atoms with Crippen LogP contribution in [0.2, 0.25) is 0 Å². The number of anilines is 1. The molecule has 162 valence electrons. The lowest BCUT2D eigenvalue weighted by molar-refractivity contribution is 0.0760. The number of carbonyl (C=O) groups is 1. The van der Waals surface area contributed by atoms with Crippen molar-refractivity contribution >= 4 is 22.5 Å². The highest BCUT2D eigenvalue weighted by molar-refractivity contribution is 5.94. The zero-order valence-corrected chi connectivity index (χ0v) is 17.8. The topological polar surface area (TPSA) is 67.2 Å². The number of benzene rings is 2. The average molecular weight is 430 g/mol. The first-order valence-corrected chi connectivity index (χ1v) is 10.7. The van der Waals surface area contributed by atoms with Gasteiger partial charge in [-0.3, -0.25) is 9.78 Å². The SMILES string of the molecule is Cc1c(C(=O)N2CCCN(c3ccc(F)cc3)CC2)nnn1-c1cccc2ncccc12. The largest absolute Gasteiger partial charge is 0.370 e. The minimum Gasteiger partial charge on any atom is -0.370 e. The van der Waals surface area contributed by atoms with Gasteiger partial charge in [-0.15, -0.1) is 5.10 Å². The van der Waals surface area contributed by atoms with Crippen LogP contribution >= 0.6 is 0 Å². The summed E-state index contributed by atoms with van der Waals surface area (Å²) in [5.41, 5.74) is 3.73. The van der Waals surface area contributed by atoms with E-state index < -0.39 is 0 Å². The highest BCUT2D eigenvalue weighted by Crippen LogP contribution is 2.23. The standard InChI is InChI=1S/C24H23FN6O/c1-17-23(27-28-31(17)22-7-2-6-21-20(22)5-3-12-26-21)24(32)30-14-4-13-29(15-16-30)19-10-8-18(25)9-11-19/h2-3,5-12H,4,13-16H2,1H3. The van der Waals surface area contributed by atoms with Crippen molar-refractivity contribution in [1.29, 1.82) is 0 Å². The molecular formula is C24H23FN6O. The van der Waals surface area contributed by atoms with Gasteiger partial charge < -0.3 is 9.80 Å². The van der Waals surface area contributed by atoms with Gasteiger partial charge in [-0.25, -0.2) is 9.07 Å². The van der Waals surface area contributed by atoms with E-state index in [1.54, 1.807) is 23.0 Å². The monoisotopic (exact) mass is 430 g/mol. The molecule has 1 saturated heterocycles. The molecule has 2 aromatic carbocycles. The van der Waals surface area contributed by atoms with Crippen LogP contribution in [0.15, 0.2) is 60.8 Å². The van der Waals surface area contributed by atoms with Crippen molar-refractivity contribution in [3.8, 4) is 5.69 Å². The number of amides is 1. The van der Waals surface area contributed by atoms with Crippen LogP contribution in [-0.2, 0) is 0 Å². The first-order chi connectivity index (χ1) is 15.6. The van der Waals surface area contributed by atoms with Gasteiger partial charge in [0, 0.05) is 43.4 Å². The third-order valence-electron chi connectivity index (χ3n) is 5.92. The molecule has 0 saturated carbocycles. The van der Waals surface area contributed by atoms with Crippen LogP contribution in [0.1, 0.15) is 22.6 Å². The fourth-order valence-electron chi connectivity index (χ4n) is 4.21. The second-order valence-corrected chi connectivity index (χ2v) is 7.89. The van der Waals surface area contributed by atoms with E-state index >= 15 is 0 Å². The van der Waals surface area contributed by atoms with Gasteiger partial charge in [-0.1, -0.05) is 11.3 Å². The number of hydrogen-bond donors (Lipinski definition) is 0. The number of fused-ring (bicyclic) bond motifs is 1. The molecule has 2 aromatic heterocycles. The van der Waals surface area contributed by atoms with Crippen molar-refractivity contribution in [3.05, 3.63) is 78.0 Å². The molecule has 5 rings (SSSR count). The van der Waals surface area contributed by atoms with Crippen LogP contribution in [0.25, 0.3) is 16.6 Å². The van der Waals surface area contributed by atoms with Gasteiger partial charge in [-0.2, -0.15) is 0 Å². The summed E-state index contributed by atoms with van der Waals surface area (Å²) in [4.78, 5) is 21.7. The van der Waals surface area contributed by atoms with Crippen LogP contribution < -0.4 is 4.90 Å². The summed E-state index contributed by atoms with van der Waals surface area (Å²) in [7, 11) is 0. The summed E-state index contributed by atoms with van der Waals surface area (Å²) in [6.45, 7) is 4.57. The fraction of sp³-hybridized carbons (Fsp3) is 0.250. The molecule has 4 aromatic rings. The maximum atomic E-state index is 13.3. The first-order valence-electron chi connectivity index (χ1n) is 10.7. The molecule has 0 atom stereocenters. The maximum absolute atomic E-state index is 13.3. The van der Waals surface area contributed by atoms with E-state index in [-0.39, 0.29) is 11.7 Å². The van der Waals surface area contributed by atoms with Gasteiger partial charge in [-0.05, 0) is 61.9 Å². The Balaban J connectivity index is 1.37. The van der Waals surface area contributed by atoms with E-state index in [0.29, 0.717) is 31.0 Å². The van der Waals surface area contributed by atoms with Crippen molar-refractivity contribution in [1.82, 2.24) is 24.9 Å². The van der Waals surface area contributed by atoms with Crippen LogP contribution in [0, 0.1) is 12.7 Å². The van der Waals surface area contributed by atoms with Crippen LogP contribution in [0.3, 0.4) is 0 Å². The van der Waals surface area contributed by atoms with E-state index in [2.05, 4.69) is 20.2 Å². The number of rotatable bonds is 3. The van der Waals surface area contributed by atoms with Crippen molar-refractivity contribution in [3.63, 3.8) is 0 Å². The molecule has 7 nitrogen and oxygen atoms in total. The van der Waals surface area contributed by atoms with Crippen molar-refractivity contribution in [2.45, 2.75) is 13.3 Å². The molecule has 1 amide bonds. The number of aromatic nitrogens is 4. The summed E-state index contributed by atoms with van der Waals surface area (Å²) in [6.07, 6.45) is 2.58. The van der Waals surface area contributed by atoms with E-state index in [4.69, 9.17) is 0 Å². The normalized spacial score (nSPS) is 14.6. The second kappa shape index (κ2) is 8.37. The molecule has 0 radical (unpaired) electrons. The summed E-state index contributed by atoms with van der Waals surface area (Å²) >= 11 is 0. The number of pyridine rings is 1. The van der Waals surface area contributed by atoms with E-state index in [0.717, 1.165) is 35.2 Å². The van der Waals surface area contributed by atoms with Gasteiger partial charge in [0.15, 0.2) is 5.69 Å². The number of hydrogen-bond acceptors (Lipinski definition) is 5. The van der Waals surface area contributed by atoms with Crippen molar-refractivity contribution in [2.75, 3.05) is 31.1 Å². The Morgan fingerprint density at radius 1 is 0.969 bits per heavy atom. The Labute approximate surface area is 185 Å². The molecule has 1 aliphatic rings. The quantitative estimate of drug-likeness (QED) is 0.497. The van der Waals surface area contributed by atoms with Gasteiger partial charge in [0.05, 0.1) is 16.9 Å². The number of nitrogens with zero attached hydrogens (tertiary/aromatic N) is 6. The van der Waals surface area contributed by atoms with Crippen LogP contribution in [-0.4, -0.2) is 57.0 Å². The molecule has 3 heterocycles. The predicted molar refractivity (Wildman–Crippen MR) is 121 cm³/mol. The lowest BCUT2D eigenvalue weighted by Crippen LogP contribution is -2.35. The lowest BCUT2D eigenvalue weighted by Gasteiger charge is -2.23. The van der Waals surface area contributed by atoms with E-state index in [1.807, 2.05) is 42.2 Å². The molecule has 8 heteroatoms. The number of halogens is 1. The number of carbonyl (C=O) groups excluding carboxylic acids is 1. The predicted octanol–water partition coefficient (Wildman–Crippen LogP) is 3.62. The second-order valence-electron chi connectivity index (χ2n) is 7.89. The molecule has 32 heavy (non-hydrogen) atoms. The van der Waals surface area contributed by atoms with Crippen molar-refractivity contribution in [2.24, 2.45) is 0 Å². The van der Waals surface area contributed by atoms with Crippen LogP contribution in [0.5, 0.6) is 0 Å². The molecule has 1 fully saturated rings. The summed E-state index contributed by atoms with van der Waals surface area (Å²) < 4.78 is 15.0. The molecule has 0 aliphatic carbocycles. The summed E-state index contributed by atoms with van der Waals surface area (Å²) in [5.74, 6) is -0.367. The molecule has 1 aliphatic heterocycles. The minimum absolute atomic E-state index is 0.118. The molecular weight excluding hydrogens is 407 g/mol. The van der Waals surface area contributed by atoms with Gasteiger partial charge >= 0.3 is 0 Å². The Hall–Kier alpha value is -3.81. The van der Waals surface area contributed by atoms with E-state index in [1.165, 1.54) is 12.1 Å². The molecule has 0 unspecified atom stereocenters. The van der Waals surface area contributed by atoms with Crippen LogP contribution in [0.4, 0.5) is 10.1 Å². The Morgan fingerprint density at radius 2 is 1.81 bits per heavy atom. The summed E-state index contributed by atoms with van der Waals surface area (Å²) in [5, 5.41) is 9.48. The van der Waals surface area contributed by atoms with E-state index in [9.17, 15) is 9.18 Å². The Kier molecular flexibility index (Phi) is 5.26. The zero-order chi connectivity index (χ0) is 22.1. The van der Waals surface area contributed by atoms with Gasteiger partial charge in [0.1, 0.15) is 5.82 Å². The van der Waals surface area contributed by atoms with Crippen molar-refractivity contribution < 1.29 is 9.18 Å². The minimum atomic E-state index is -0.249. The molecule has 0 bridgehead atoms. The first kappa shape index (κ1) is 20.1. The fourth-order valence-corrected chi connectivity index (χ4v) is 4.21. The third-order valence-corrected chi connectivity index (χ3v) is 5.92. The van der Waals surface area contributed by atoms with Gasteiger partial charge in [0.2, 0.25) is 0 Å². The molecule has 0 N–H and O–H groups in total. The molecule has 0 spiro atoms. The lowest BCUT2D eigenvalue weighted by atomic mass is 10.1. The third kappa shape index (κ3) is 3.68. The van der Waals surface area contributed by atoms with Gasteiger partial charge in [0.25, 0.3) is 5.91 Å². The maximum Gasteiger partial charge on any atom is 0.276 e. The Bertz CT molecular complexity index is 1260. The highest BCUT2D eigenvalue weighted by atomic mass is 19.1. The Morgan fingerprint density at radius 3 is 2.66 bits per heavy atom. The summed E-state index contributed by atoms with van der Waals surface area (Å²) in [6, 6.07) is 16.2.